The number of anilines is 1. The van der Waals surface area contributed by atoms with E-state index in [4.69, 9.17) is 21.1 Å². The molecule has 0 saturated carbocycles. The number of carboxylic acid groups (broad SMARTS) is 1. The SMILES string of the molecule is Cc1cc2c(c(-c3cc(F)c4c(c3C)CCCO4)c1[C@H](OC(C)(C)C)C(=O)O)CCN2C(=O)c1cc(F)ccc1Cl. The van der Waals surface area contributed by atoms with E-state index in [2.05, 4.69) is 0 Å². The standard InChI is InChI=1S/C32H32ClF2NO5/c1-16-13-25-20(10-11-36(25)30(37)22-14-18(34)8-9-23(22)33)27(26(16)29(31(38)39)41-32(3,4)5)21-15-24(35)28-19(17(21)2)7-6-12-40-28/h8-9,13-15,29H,6-7,10-12H2,1-5H3,(H,38,39)/t29-/m0/s1. The number of fused-ring (bicyclic) bond motifs is 2. The first-order chi connectivity index (χ1) is 19.3. The Hall–Kier alpha value is -3.49. The third-order valence-electron chi connectivity index (χ3n) is 7.60. The van der Waals surface area contributed by atoms with Crippen molar-refractivity contribution >= 4 is 29.2 Å². The van der Waals surface area contributed by atoms with E-state index in [9.17, 15) is 19.1 Å². The Bertz CT molecular complexity index is 1580. The molecule has 3 aromatic rings. The van der Waals surface area contributed by atoms with E-state index in [-0.39, 0.29) is 22.9 Å². The van der Waals surface area contributed by atoms with Crippen molar-refractivity contribution in [3.05, 3.63) is 80.4 Å². The summed E-state index contributed by atoms with van der Waals surface area (Å²) in [4.78, 5) is 27.9. The first kappa shape index (κ1) is 29.0. The number of hydrogen-bond acceptors (Lipinski definition) is 4. The quantitative estimate of drug-likeness (QED) is 0.339. The fourth-order valence-electron chi connectivity index (χ4n) is 5.86. The topological polar surface area (TPSA) is 76.1 Å². The van der Waals surface area contributed by atoms with Gasteiger partial charge in [-0.25, -0.2) is 13.6 Å². The van der Waals surface area contributed by atoms with E-state index in [1.54, 1.807) is 33.8 Å². The van der Waals surface area contributed by atoms with Gasteiger partial charge in [0.2, 0.25) is 0 Å². The lowest BCUT2D eigenvalue weighted by atomic mass is 9.83. The zero-order chi connectivity index (χ0) is 29.8. The highest BCUT2D eigenvalue weighted by Gasteiger charge is 2.37. The Kier molecular flexibility index (Phi) is 7.59. The molecule has 2 aliphatic rings. The van der Waals surface area contributed by atoms with Crippen molar-refractivity contribution in [2.24, 2.45) is 0 Å². The molecular formula is C32H32ClF2NO5. The second-order valence-electron chi connectivity index (χ2n) is 11.5. The number of aryl methyl sites for hydroxylation is 1. The fraction of sp³-hybridized carbons (Fsp3) is 0.375. The van der Waals surface area contributed by atoms with Crippen LogP contribution in [0.15, 0.2) is 30.3 Å². The molecule has 0 saturated heterocycles. The molecule has 0 aromatic heterocycles. The molecule has 41 heavy (non-hydrogen) atoms. The van der Waals surface area contributed by atoms with E-state index in [1.807, 2.05) is 6.92 Å². The number of benzene rings is 3. The van der Waals surface area contributed by atoms with Gasteiger partial charge in [0, 0.05) is 23.4 Å². The first-order valence-corrected chi connectivity index (χ1v) is 14.0. The molecule has 216 valence electrons. The molecule has 1 atom stereocenters. The van der Waals surface area contributed by atoms with Gasteiger partial charge in [-0.15, -0.1) is 0 Å². The molecule has 0 bridgehead atoms. The summed E-state index contributed by atoms with van der Waals surface area (Å²) in [5, 5.41) is 10.5. The molecule has 1 amide bonds. The number of halogens is 3. The molecule has 5 rings (SSSR count). The summed E-state index contributed by atoms with van der Waals surface area (Å²) < 4.78 is 41.3. The van der Waals surface area contributed by atoms with Crippen LogP contribution in [0.1, 0.15) is 71.5 Å². The zero-order valence-corrected chi connectivity index (χ0v) is 24.4. The molecule has 3 aromatic carbocycles. The van der Waals surface area contributed by atoms with E-state index >= 15 is 4.39 Å². The average Bonchev–Trinajstić information content (AvgIpc) is 3.32. The molecule has 9 heteroatoms. The van der Waals surface area contributed by atoms with Crippen LogP contribution in [0, 0.1) is 25.5 Å². The van der Waals surface area contributed by atoms with Crippen LogP contribution in [0.5, 0.6) is 5.75 Å². The van der Waals surface area contributed by atoms with Gasteiger partial charge in [0.25, 0.3) is 5.91 Å². The molecule has 0 aliphatic carbocycles. The van der Waals surface area contributed by atoms with Crippen LogP contribution >= 0.6 is 11.6 Å². The largest absolute Gasteiger partial charge is 0.490 e. The summed E-state index contributed by atoms with van der Waals surface area (Å²) in [5.41, 5.74) is 4.02. The van der Waals surface area contributed by atoms with Gasteiger partial charge in [-0.05, 0) is 112 Å². The lowest BCUT2D eigenvalue weighted by molar-refractivity contribution is -0.160. The maximum atomic E-state index is 15.5. The number of nitrogens with zero attached hydrogens (tertiary/aromatic N) is 1. The lowest BCUT2D eigenvalue weighted by Gasteiger charge is -2.30. The van der Waals surface area contributed by atoms with Gasteiger partial charge in [0.05, 0.1) is 22.8 Å². The molecular weight excluding hydrogens is 552 g/mol. The molecule has 6 nitrogen and oxygen atoms in total. The third kappa shape index (κ3) is 5.31. The number of hydrogen-bond donors (Lipinski definition) is 1. The minimum atomic E-state index is -1.35. The molecule has 0 fully saturated rings. The molecule has 0 unspecified atom stereocenters. The van der Waals surface area contributed by atoms with Crippen molar-refractivity contribution in [2.45, 2.75) is 65.6 Å². The van der Waals surface area contributed by atoms with Crippen LogP contribution in [0.2, 0.25) is 5.02 Å². The Morgan fingerprint density at radius 2 is 1.83 bits per heavy atom. The number of carbonyl (C=O) groups excluding carboxylic acids is 1. The second kappa shape index (κ2) is 10.7. The minimum Gasteiger partial charge on any atom is -0.490 e. The van der Waals surface area contributed by atoms with Gasteiger partial charge in [-0.1, -0.05) is 11.6 Å². The summed E-state index contributed by atoms with van der Waals surface area (Å²) in [5.74, 6) is -2.55. The number of carbonyl (C=O) groups is 2. The normalized spacial score (nSPS) is 15.3. The Labute approximate surface area is 242 Å². The van der Waals surface area contributed by atoms with Gasteiger partial charge >= 0.3 is 5.97 Å². The summed E-state index contributed by atoms with van der Waals surface area (Å²) >= 11 is 6.27. The van der Waals surface area contributed by atoms with Crippen LogP contribution in [0.3, 0.4) is 0 Å². The van der Waals surface area contributed by atoms with E-state index in [0.29, 0.717) is 53.0 Å². The van der Waals surface area contributed by atoms with Crippen LogP contribution < -0.4 is 9.64 Å². The highest BCUT2D eigenvalue weighted by molar-refractivity contribution is 6.34. The summed E-state index contributed by atoms with van der Waals surface area (Å²) in [6, 6.07) is 6.77. The maximum absolute atomic E-state index is 15.5. The van der Waals surface area contributed by atoms with Crippen molar-refractivity contribution < 1.29 is 33.0 Å². The average molecular weight is 584 g/mol. The zero-order valence-electron chi connectivity index (χ0n) is 23.7. The number of carboxylic acids is 1. The molecule has 0 spiro atoms. The van der Waals surface area contributed by atoms with Crippen LogP contribution in [-0.4, -0.2) is 35.7 Å². The van der Waals surface area contributed by atoms with Crippen LogP contribution in [0.4, 0.5) is 14.5 Å². The monoisotopic (exact) mass is 583 g/mol. The Morgan fingerprint density at radius 3 is 2.51 bits per heavy atom. The van der Waals surface area contributed by atoms with Crippen molar-refractivity contribution in [1.29, 1.82) is 0 Å². The predicted octanol–water partition coefficient (Wildman–Crippen LogP) is 7.37. The fourth-order valence-corrected chi connectivity index (χ4v) is 6.06. The van der Waals surface area contributed by atoms with Gasteiger partial charge < -0.3 is 19.5 Å². The highest BCUT2D eigenvalue weighted by atomic mass is 35.5. The van der Waals surface area contributed by atoms with E-state index in [0.717, 1.165) is 23.6 Å². The number of rotatable bonds is 5. The van der Waals surface area contributed by atoms with Gasteiger partial charge in [-0.3, -0.25) is 4.79 Å². The van der Waals surface area contributed by atoms with E-state index in [1.165, 1.54) is 23.1 Å². The lowest BCUT2D eigenvalue weighted by Crippen LogP contribution is -2.30. The maximum Gasteiger partial charge on any atom is 0.337 e. The Balaban J connectivity index is 1.78. The van der Waals surface area contributed by atoms with Gasteiger partial charge in [-0.2, -0.15) is 0 Å². The van der Waals surface area contributed by atoms with Crippen molar-refractivity contribution in [3.8, 4) is 16.9 Å². The second-order valence-corrected chi connectivity index (χ2v) is 12.0. The van der Waals surface area contributed by atoms with Gasteiger partial charge in [0.1, 0.15) is 5.82 Å². The molecule has 2 aliphatic heterocycles. The predicted molar refractivity (Wildman–Crippen MR) is 153 cm³/mol. The number of ether oxygens (including phenoxy) is 2. The van der Waals surface area contributed by atoms with Crippen molar-refractivity contribution in [1.82, 2.24) is 0 Å². The summed E-state index contributed by atoms with van der Waals surface area (Å²) in [6.07, 6.45) is 0.371. The smallest absolute Gasteiger partial charge is 0.337 e. The Morgan fingerprint density at radius 1 is 1.10 bits per heavy atom. The molecule has 2 heterocycles. The van der Waals surface area contributed by atoms with Crippen LogP contribution in [-0.2, 0) is 22.4 Å². The number of aliphatic carboxylic acids is 1. The molecule has 1 N–H and O–H groups in total. The highest BCUT2D eigenvalue weighted by Crippen LogP contribution is 2.48. The van der Waals surface area contributed by atoms with Gasteiger partial charge in [0.15, 0.2) is 17.7 Å². The summed E-state index contributed by atoms with van der Waals surface area (Å²) in [7, 11) is 0. The van der Waals surface area contributed by atoms with E-state index < -0.39 is 35.2 Å². The number of amides is 1. The van der Waals surface area contributed by atoms with Crippen molar-refractivity contribution in [3.63, 3.8) is 0 Å². The molecule has 0 radical (unpaired) electrons. The minimum absolute atomic E-state index is 0.0235. The van der Waals surface area contributed by atoms with Crippen molar-refractivity contribution in [2.75, 3.05) is 18.1 Å². The van der Waals surface area contributed by atoms with Crippen LogP contribution in [0.25, 0.3) is 11.1 Å². The summed E-state index contributed by atoms with van der Waals surface area (Å²) in [6.45, 7) is 9.63. The third-order valence-corrected chi connectivity index (χ3v) is 7.93. The first-order valence-electron chi connectivity index (χ1n) is 13.6.